The van der Waals surface area contributed by atoms with Crippen molar-refractivity contribution in [3.63, 3.8) is 0 Å². The summed E-state index contributed by atoms with van der Waals surface area (Å²) in [6.07, 6.45) is -13.2. The maximum absolute atomic E-state index is 11.7. The summed E-state index contributed by atoms with van der Waals surface area (Å²) in [5.74, 6) is -3.60. The lowest BCUT2D eigenvalue weighted by atomic mass is 10.4. The molecule has 242 valence electrons. The Hall–Kier alpha value is -1.04. The number of hydrogen-bond acceptors (Lipinski definition) is 20. The summed E-state index contributed by atoms with van der Waals surface area (Å²) in [6, 6.07) is 0. The van der Waals surface area contributed by atoms with Crippen LogP contribution in [0, 0.1) is 0 Å². The van der Waals surface area contributed by atoms with E-state index in [1.165, 1.54) is 27.7 Å². The molecule has 2 fully saturated rings. The molecule has 0 N–H and O–H groups in total. The highest BCUT2D eigenvalue weighted by molar-refractivity contribution is 7.81. The van der Waals surface area contributed by atoms with E-state index in [0.717, 1.165) is 0 Å². The number of carbonyl (C=O) groups is 4. The quantitative estimate of drug-likeness (QED) is 0.0759. The number of ether oxygens (including phenoxy) is 12. The monoisotopic (exact) mass is 682 g/mol. The number of fused-ring (bicyclic) bond motifs is 1. The van der Waals surface area contributed by atoms with Crippen molar-refractivity contribution in [2.75, 3.05) is 23.0 Å². The molecule has 2 aliphatic rings. The van der Waals surface area contributed by atoms with Crippen LogP contribution >= 0.6 is 50.5 Å². The van der Waals surface area contributed by atoms with Crippen molar-refractivity contribution in [1.82, 2.24) is 0 Å². The summed E-state index contributed by atoms with van der Waals surface area (Å²) >= 11 is 15.4. The Morgan fingerprint density at radius 1 is 0.476 bits per heavy atom. The van der Waals surface area contributed by atoms with E-state index in [-0.39, 0.29) is 23.0 Å². The molecule has 8 atom stereocenters. The molecule has 0 amide bonds. The van der Waals surface area contributed by atoms with Gasteiger partial charge in [0.15, 0.2) is 0 Å². The smallest absolute Gasteiger partial charge is 0.317 e. The highest BCUT2D eigenvalue weighted by Crippen LogP contribution is 2.33. The van der Waals surface area contributed by atoms with Crippen LogP contribution in [0.5, 0.6) is 0 Å². The van der Waals surface area contributed by atoms with Crippen molar-refractivity contribution >= 4 is 74.4 Å². The number of thiol groups is 4. The SMILES string of the molecule is CC(OC(=O)CS)OC1OC2OC(OC(C)OC(=O)CS)C(OC(C)OC(=O)CS)OC2OC1OC(C)OC(=O)CS. The van der Waals surface area contributed by atoms with E-state index < -0.39 is 86.8 Å². The first-order valence-electron chi connectivity index (χ1n) is 12.3. The van der Waals surface area contributed by atoms with Gasteiger partial charge in [-0.2, -0.15) is 50.5 Å². The van der Waals surface area contributed by atoms with Crippen molar-refractivity contribution in [1.29, 1.82) is 0 Å². The molecule has 0 aromatic carbocycles. The fourth-order valence-electron chi connectivity index (χ4n) is 3.25. The minimum atomic E-state index is -1.44. The molecule has 0 radical (unpaired) electrons. The Labute approximate surface area is 263 Å². The fraction of sp³-hybridized carbons (Fsp3) is 0.818. The second-order valence-corrected chi connectivity index (χ2v) is 9.43. The van der Waals surface area contributed by atoms with Crippen LogP contribution in [0.15, 0.2) is 0 Å². The van der Waals surface area contributed by atoms with Gasteiger partial charge in [0.1, 0.15) is 0 Å². The fourth-order valence-corrected chi connectivity index (χ4v) is 3.55. The molecule has 0 aliphatic carbocycles. The maximum atomic E-state index is 11.7. The molecule has 0 spiro atoms. The van der Waals surface area contributed by atoms with E-state index in [0.29, 0.717) is 0 Å². The minimum absolute atomic E-state index is 0.216. The zero-order chi connectivity index (χ0) is 31.4. The molecular formula is C22H34O16S4. The van der Waals surface area contributed by atoms with Crippen LogP contribution in [-0.2, 0) is 76.0 Å². The molecular weight excluding hydrogens is 648 g/mol. The largest absolute Gasteiger partial charge is 0.435 e. The van der Waals surface area contributed by atoms with Gasteiger partial charge < -0.3 is 56.8 Å². The van der Waals surface area contributed by atoms with Crippen LogP contribution in [0.1, 0.15) is 27.7 Å². The van der Waals surface area contributed by atoms with Gasteiger partial charge in [-0.25, -0.2) is 0 Å². The van der Waals surface area contributed by atoms with Crippen LogP contribution in [0.3, 0.4) is 0 Å². The van der Waals surface area contributed by atoms with Crippen LogP contribution < -0.4 is 0 Å². The van der Waals surface area contributed by atoms with E-state index in [1.807, 2.05) is 0 Å². The topological polar surface area (TPSA) is 179 Å². The third-order valence-corrected chi connectivity index (χ3v) is 5.78. The first-order valence-corrected chi connectivity index (χ1v) is 14.9. The first-order chi connectivity index (χ1) is 19.9. The summed E-state index contributed by atoms with van der Waals surface area (Å²) in [7, 11) is 0. The van der Waals surface area contributed by atoms with E-state index >= 15 is 0 Å². The van der Waals surface area contributed by atoms with Crippen molar-refractivity contribution in [3.05, 3.63) is 0 Å². The molecule has 2 aliphatic heterocycles. The minimum Gasteiger partial charge on any atom is -0.435 e. The standard InChI is InChI=1S/C22H34O16S4/c1-9(27-13(23)5-39)31-17-18(32-10(2)28-14(24)6-40)36-22-21(35-17)37-19(33-11(3)29-15(25)7-41)20(38-22)34-12(4)30-16(26)8-42/h9-12,17-22,39-42H,5-8H2,1-4H3. The Morgan fingerprint density at radius 3 is 0.833 bits per heavy atom. The van der Waals surface area contributed by atoms with Crippen LogP contribution in [0.25, 0.3) is 0 Å². The van der Waals surface area contributed by atoms with Gasteiger partial charge in [0.05, 0.1) is 23.0 Å². The van der Waals surface area contributed by atoms with Gasteiger partial charge in [-0.05, 0) is 27.7 Å². The second-order valence-electron chi connectivity index (χ2n) is 8.16. The van der Waals surface area contributed by atoms with Gasteiger partial charge in [-0.1, -0.05) is 0 Å². The lowest BCUT2D eigenvalue weighted by Crippen LogP contribution is -2.62. The Morgan fingerprint density at radius 2 is 0.667 bits per heavy atom. The van der Waals surface area contributed by atoms with E-state index in [1.54, 1.807) is 0 Å². The van der Waals surface area contributed by atoms with Crippen molar-refractivity contribution in [3.8, 4) is 0 Å². The third kappa shape index (κ3) is 12.5. The Kier molecular flexibility index (Phi) is 16.5. The molecule has 16 nitrogen and oxygen atoms in total. The zero-order valence-corrected chi connectivity index (χ0v) is 26.5. The predicted molar refractivity (Wildman–Crippen MR) is 149 cm³/mol. The number of carbonyl (C=O) groups excluding carboxylic acids is 4. The van der Waals surface area contributed by atoms with E-state index in [2.05, 4.69) is 50.5 Å². The van der Waals surface area contributed by atoms with E-state index in [9.17, 15) is 19.2 Å². The molecule has 42 heavy (non-hydrogen) atoms. The van der Waals surface area contributed by atoms with Gasteiger partial charge in [0.2, 0.25) is 62.9 Å². The van der Waals surface area contributed by atoms with Crippen LogP contribution in [0.2, 0.25) is 0 Å². The van der Waals surface area contributed by atoms with Gasteiger partial charge in [0.25, 0.3) is 0 Å². The normalized spacial score (nSPS) is 28.4. The Balaban J connectivity index is 2.24. The Bertz CT molecular complexity index is 760. The zero-order valence-electron chi connectivity index (χ0n) is 22.9. The van der Waals surface area contributed by atoms with Crippen molar-refractivity contribution in [2.45, 2.75) is 90.6 Å². The molecule has 2 heterocycles. The second kappa shape index (κ2) is 18.7. The van der Waals surface area contributed by atoms with Gasteiger partial charge in [-0.15, -0.1) is 0 Å². The summed E-state index contributed by atoms with van der Waals surface area (Å²) in [6.45, 7) is 5.60. The average Bonchev–Trinajstić information content (AvgIpc) is 2.93. The molecule has 0 bridgehead atoms. The van der Waals surface area contributed by atoms with Gasteiger partial charge >= 0.3 is 23.9 Å². The molecule has 8 unspecified atom stereocenters. The van der Waals surface area contributed by atoms with Crippen molar-refractivity contribution in [2.24, 2.45) is 0 Å². The molecule has 0 saturated carbocycles. The lowest BCUT2D eigenvalue weighted by molar-refractivity contribution is -0.522. The highest BCUT2D eigenvalue weighted by atomic mass is 32.1. The predicted octanol–water partition coefficient (Wildman–Crippen LogP) is 0.379. The summed E-state index contributed by atoms with van der Waals surface area (Å²) in [4.78, 5) is 46.6. The molecule has 0 aromatic rings. The third-order valence-electron chi connectivity index (χ3n) is 4.75. The maximum Gasteiger partial charge on any atom is 0.317 e. The van der Waals surface area contributed by atoms with Gasteiger partial charge in [-0.3, -0.25) is 19.2 Å². The molecule has 2 rings (SSSR count). The summed E-state index contributed by atoms with van der Waals surface area (Å²) in [5.41, 5.74) is 0. The number of hydrogen-bond donors (Lipinski definition) is 4. The lowest BCUT2D eigenvalue weighted by Gasteiger charge is -2.47. The number of rotatable bonds is 16. The molecule has 20 heteroatoms. The van der Waals surface area contributed by atoms with Gasteiger partial charge in [0, 0.05) is 0 Å². The first kappa shape index (κ1) is 37.1. The molecule has 0 aromatic heterocycles. The highest BCUT2D eigenvalue weighted by Gasteiger charge is 2.51. The van der Waals surface area contributed by atoms with E-state index in [4.69, 9.17) is 56.8 Å². The van der Waals surface area contributed by atoms with Crippen molar-refractivity contribution < 1.29 is 76.0 Å². The summed E-state index contributed by atoms with van der Waals surface area (Å²) < 4.78 is 66.1. The van der Waals surface area contributed by atoms with Crippen LogP contribution in [-0.4, -0.2) is 110 Å². The summed E-state index contributed by atoms with van der Waals surface area (Å²) in [5, 5.41) is 0. The molecule has 2 saturated heterocycles. The average molecular weight is 683 g/mol. The van der Waals surface area contributed by atoms with Crippen LogP contribution in [0.4, 0.5) is 0 Å². The number of esters is 4.